The zero-order valence-corrected chi connectivity index (χ0v) is 23.5. The van der Waals surface area contributed by atoms with Crippen LogP contribution in [0, 0.1) is 0 Å². The first-order valence-electron chi connectivity index (χ1n) is 13.4. The maximum Gasteiger partial charge on any atom is 0.410 e. The predicted molar refractivity (Wildman–Crippen MR) is 154 cm³/mol. The van der Waals surface area contributed by atoms with E-state index < -0.39 is 5.60 Å². The van der Waals surface area contributed by atoms with Crippen LogP contribution in [0.15, 0.2) is 52.9 Å². The minimum atomic E-state index is -0.547. The molecule has 1 N–H and O–H groups in total. The lowest BCUT2D eigenvalue weighted by atomic mass is 10.2. The summed E-state index contributed by atoms with van der Waals surface area (Å²) in [7, 11) is 0. The number of ether oxygens (including phenoxy) is 1. The van der Waals surface area contributed by atoms with Gasteiger partial charge in [0.25, 0.3) is 5.91 Å². The number of piperazine rings is 1. The van der Waals surface area contributed by atoms with Crippen molar-refractivity contribution in [3.8, 4) is 5.13 Å². The second-order valence-corrected chi connectivity index (χ2v) is 11.9. The second kappa shape index (κ2) is 10.1. The summed E-state index contributed by atoms with van der Waals surface area (Å²) in [5.41, 5.74) is 2.56. The summed E-state index contributed by atoms with van der Waals surface area (Å²) in [6.07, 6.45) is 4.93. The van der Waals surface area contributed by atoms with Gasteiger partial charge in [-0.2, -0.15) is 0 Å². The third-order valence-corrected chi connectivity index (χ3v) is 7.75. The van der Waals surface area contributed by atoms with Gasteiger partial charge < -0.3 is 19.9 Å². The Labute approximate surface area is 235 Å². The lowest BCUT2D eigenvalue weighted by Gasteiger charge is -2.37. The highest BCUT2D eigenvalue weighted by molar-refractivity contribution is 7.12. The van der Waals surface area contributed by atoms with E-state index in [9.17, 15) is 14.4 Å². The van der Waals surface area contributed by atoms with E-state index in [1.807, 2.05) is 55.7 Å². The fourth-order valence-corrected chi connectivity index (χ4v) is 5.72. The highest BCUT2D eigenvalue weighted by Crippen LogP contribution is 2.36. The number of rotatable bonds is 5. The van der Waals surface area contributed by atoms with Gasteiger partial charge in [0.2, 0.25) is 0 Å². The summed E-state index contributed by atoms with van der Waals surface area (Å²) in [5.74, 6) is -0.386. The van der Waals surface area contributed by atoms with Crippen molar-refractivity contribution in [1.82, 2.24) is 24.0 Å². The van der Waals surface area contributed by atoms with Gasteiger partial charge in [-0.3, -0.25) is 14.3 Å². The number of pyridine rings is 1. The third kappa shape index (κ3) is 5.06. The van der Waals surface area contributed by atoms with E-state index in [1.165, 1.54) is 11.3 Å². The first kappa shape index (κ1) is 26.1. The Hall–Kier alpha value is -4.19. The fourth-order valence-electron chi connectivity index (χ4n) is 4.91. The van der Waals surface area contributed by atoms with Crippen molar-refractivity contribution >= 4 is 45.7 Å². The lowest BCUT2D eigenvalue weighted by Crippen LogP contribution is -2.50. The van der Waals surface area contributed by atoms with Gasteiger partial charge in [0.05, 0.1) is 28.6 Å². The molecule has 1 saturated carbocycles. The summed E-state index contributed by atoms with van der Waals surface area (Å²) in [6, 6.07) is 9.74. The molecule has 11 nitrogen and oxygen atoms in total. The molecule has 4 aromatic rings. The molecule has 6 rings (SSSR count). The van der Waals surface area contributed by atoms with Crippen LogP contribution in [-0.2, 0) is 4.74 Å². The van der Waals surface area contributed by atoms with E-state index in [0.29, 0.717) is 37.0 Å². The van der Waals surface area contributed by atoms with Gasteiger partial charge in [-0.1, -0.05) is 12.1 Å². The van der Waals surface area contributed by atoms with E-state index in [0.717, 1.165) is 29.6 Å². The number of aromatic nitrogens is 4. The highest BCUT2D eigenvalue weighted by Gasteiger charge is 2.30. The number of hydrogen-bond donors (Lipinski definition) is 1. The first-order valence-corrected chi connectivity index (χ1v) is 14.2. The normalized spacial score (nSPS) is 15.9. The molecule has 2 fully saturated rings. The maximum absolute atomic E-state index is 13.3. The van der Waals surface area contributed by atoms with Crippen LogP contribution in [0.3, 0.4) is 0 Å². The van der Waals surface area contributed by atoms with Crippen LogP contribution in [0.1, 0.15) is 50.1 Å². The second-order valence-electron chi connectivity index (χ2n) is 11.0. The van der Waals surface area contributed by atoms with Crippen molar-refractivity contribution in [2.75, 3.05) is 36.4 Å². The molecule has 0 radical (unpaired) electrons. The molecule has 208 valence electrons. The van der Waals surface area contributed by atoms with Crippen molar-refractivity contribution in [2.45, 2.75) is 45.3 Å². The largest absolute Gasteiger partial charge is 0.444 e. The van der Waals surface area contributed by atoms with Gasteiger partial charge in [0.1, 0.15) is 11.3 Å². The molecule has 1 aliphatic heterocycles. The fraction of sp³-hybridized carbons (Fsp3) is 0.393. The van der Waals surface area contributed by atoms with Crippen molar-refractivity contribution < 1.29 is 14.3 Å². The standard InChI is InChI=1S/C28H31N7O4S/c1-28(2,3)39-27(38)33-14-12-32(13-15-33)21-10-11-29-16-19(21)30-24(36)20-17-40-25(31-20)35-23-7-5-4-6-22(23)34(26(35)37)18-8-9-18/h4-7,10-11,16-18H,8-9,12-15H2,1-3H3,(H,30,36). The summed E-state index contributed by atoms with van der Waals surface area (Å²) >= 11 is 1.26. The van der Waals surface area contributed by atoms with E-state index in [4.69, 9.17) is 4.74 Å². The van der Waals surface area contributed by atoms with Gasteiger partial charge in [0, 0.05) is 43.8 Å². The number of nitrogens with zero attached hydrogens (tertiary/aromatic N) is 6. The zero-order chi connectivity index (χ0) is 28.0. The molecule has 2 aliphatic rings. The van der Waals surface area contributed by atoms with Crippen LogP contribution < -0.4 is 15.9 Å². The minimum Gasteiger partial charge on any atom is -0.444 e. The number of para-hydroxylation sites is 2. The Kier molecular flexibility index (Phi) is 6.57. The van der Waals surface area contributed by atoms with Gasteiger partial charge in [0.15, 0.2) is 5.13 Å². The number of benzene rings is 1. The lowest BCUT2D eigenvalue weighted by molar-refractivity contribution is 0.0240. The van der Waals surface area contributed by atoms with Crippen molar-refractivity contribution in [1.29, 1.82) is 0 Å². The van der Waals surface area contributed by atoms with E-state index >= 15 is 0 Å². The Morgan fingerprint density at radius 1 is 1.05 bits per heavy atom. The van der Waals surface area contributed by atoms with Crippen LogP contribution in [0.5, 0.6) is 0 Å². The Bertz CT molecular complexity index is 1640. The van der Waals surface area contributed by atoms with E-state index in [2.05, 4.69) is 20.2 Å². The summed E-state index contributed by atoms with van der Waals surface area (Å²) in [6.45, 7) is 7.73. The SMILES string of the molecule is CC(C)(C)OC(=O)N1CCN(c2ccncc2NC(=O)c2csc(-n3c(=O)n(C4CC4)c4ccccc43)n2)CC1. The molecular weight excluding hydrogens is 530 g/mol. The topological polar surface area (TPSA) is 115 Å². The molecule has 12 heteroatoms. The van der Waals surface area contributed by atoms with Crippen LogP contribution >= 0.6 is 11.3 Å². The molecule has 3 aromatic heterocycles. The molecule has 0 atom stereocenters. The quantitative estimate of drug-likeness (QED) is 0.387. The van der Waals surface area contributed by atoms with Crippen LogP contribution in [-0.4, -0.2) is 67.8 Å². The number of hydrogen-bond acceptors (Lipinski definition) is 8. The van der Waals surface area contributed by atoms with E-state index in [1.54, 1.807) is 27.2 Å². The van der Waals surface area contributed by atoms with Crippen molar-refractivity contribution in [2.24, 2.45) is 0 Å². The molecular formula is C28H31N7O4S. The van der Waals surface area contributed by atoms with Gasteiger partial charge in [-0.15, -0.1) is 11.3 Å². The molecule has 0 spiro atoms. The van der Waals surface area contributed by atoms with Gasteiger partial charge >= 0.3 is 11.8 Å². The first-order chi connectivity index (χ1) is 19.2. The molecule has 0 unspecified atom stereocenters. The van der Waals surface area contributed by atoms with E-state index in [-0.39, 0.29) is 29.4 Å². The number of amides is 2. The Morgan fingerprint density at radius 3 is 2.48 bits per heavy atom. The van der Waals surface area contributed by atoms with Gasteiger partial charge in [-0.05, 0) is 51.8 Å². The average molecular weight is 562 g/mol. The number of nitrogens with one attached hydrogen (secondary N) is 1. The number of fused-ring (bicyclic) bond motifs is 1. The Morgan fingerprint density at radius 2 is 1.77 bits per heavy atom. The number of anilines is 2. The summed E-state index contributed by atoms with van der Waals surface area (Å²) < 4.78 is 8.92. The molecule has 1 aliphatic carbocycles. The molecule has 4 heterocycles. The number of carbonyl (C=O) groups is 2. The number of imidazole rings is 1. The third-order valence-electron chi connectivity index (χ3n) is 6.93. The number of carbonyl (C=O) groups excluding carboxylic acids is 2. The molecule has 2 amide bonds. The minimum absolute atomic E-state index is 0.134. The highest BCUT2D eigenvalue weighted by atomic mass is 32.1. The molecule has 40 heavy (non-hydrogen) atoms. The molecule has 1 aromatic carbocycles. The summed E-state index contributed by atoms with van der Waals surface area (Å²) in [5, 5.41) is 5.06. The molecule has 1 saturated heterocycles. The van der Waals surface area contributed by atoms with Crippen molar-refractivity contribution in [3.63, 3.8) is 0 Å². The van der Waals surface area contributed by atoms with Crippen LogP contribution in [0.2, 0.25) is 0 Å². The van der Waals surface area contributed by atoms with Crippen LogP contribution in [0.4, 0.5) is 16.2 Å². The molecule has 0 bridgehead atoms. The zero-order valence-electron chi connectivity index (χ0n) is 22.7. The summed E-state index contributed by atoms with van der Waals surface area (Å²) in [4.78, 5) is 51.6. The smallest absolute Gasteiger partial charge is 0.410 e. The number of thiazole rings is 1. The maximum atomic E-state index is 13.3. The van der Waals surface area contributed by atoms with Gasteiger partial charge in [-0.25, -0.2) is 19.1 Å². The average Bonchev–Trinajstić information content (AvgIpc) is 3.55. The van der Waals surface area contributed by atoms with Crippen LogP contribution in [0.25, 0.3) is 16.2 Å². The predicted octanol–water partition coefficient (Wildman–Crippen LogP) is 4.29. The Balaban J connectivity index is 1.19. The monoisotopic (exact) mass is 561 g/mol. The van der Waals surface area contributed by atoms with Crippen molar-refractivity contribution in [3.05, 3.63) is 64.3 Å².